The Morgan fingerprint density at radius 3 is 2.39 bits per heavy atom. The first-order valence-corrected chi connectivity index (χ1v) is 10.0. The van der Waals surface area contributed by atoms with Crippen molar-refractivity contribution < 1.29 is 18.0 Å². The molecule has 28 heavy (non-hydrogen) atoms. The molecule has 0 saturated heterocycles. The van der Waals surface area contributed by atoms with Crippen LogP contribution in [0.2, 0.25) is 0 Å². The predicted octanol–water partition coefficient (Wildman–Crippen LogP) is 1.87. The van der Waals surface area contributed by atoms with Crippen molar-refractivity contribution in [3.63, 3.8) is 0 Å². The Morgan fingerprint density at radius 1 is 1.11 bits per heavy atom. The smallest absolute Gasteiger partial charge is 0.253 e. The zero-order valence-electron chi connectivity index (χ0n) is 16.3. The van der Waals surface area contributed by atoms with Crippen molar-refractivity contribution in [1.29, 1.82) is 0 Å². The van der Waals surface area contributed by atoms with Gasteiger partial charge in [0.25, 0.3) is 5.91 Å². The molecule has 0 aliphatic rings. The second kappa shape index (κ2) is 8.49. The normalized spacial score (nSPS) is 11.9. The number of pyridine rings is 1. The number of sulfonamides is 1. The Morgan fingerprint density at radius 2 is 1.79 bits per heavy atom. The Kier molecular flexibility index (Phi) is 6.52. The van der Waals surface area contributed by atoms with Gasteiger partial charge in [0.1, 0.15) is 4.90 Å². The summed E-state index contributed by atoms with van der Waals surface area (Å²) in [6.45, 7) is 5.14. The maximum Gasteiger partial charge on any atom is 0.253 e. The van der Waals surface area contributed by atoms with Crippen LogP contribution in [0.5, 0.6) is 0 Å². The highest BCUT2D eigenvalue weighted by Gasteiger charge is 2.24. The third-order valence-electron chi connectivity index (χ3n) is 3.64. The van der Waals surface area contributed by atoms with Crippen molar-refractivity contribution in [3.8, 4) is 0 Å². The van der Waals surface area contributed by atoms with Crippen molar-refractivity contribution in [1.82, 2.24) is 14.6 Å². The van der Waals surface area contributed by atoms with Gasteiger partial charge in [-0.1, -0.05) is 12.1 Å². The van der Waals surface area contributed by atoms with Gasteiger partial charge in [-0.2, -0.15) is 4.31 Å². The summed E-state index contributed by atoms with van der Waals surface area (Å²) in [5.41, 5.74) is 0.164. The molecule has 150 valence electrons. The number of benzene rings is 1. The van der Waals surface area contributed by atoms with Gasteiger partial charge in [-0.25, -0.2) is 8.42 Å². The predicted molar refractivity (Wildman–Crippen MR) is 106 cm³/mol. The molecule has 1 heterocycles. The number of para-hydroxylation sites is 1. The minimum atomic E-state index is -3.85. The van der Waals surface area contributed by atoms with Gasteiger partial charge in [-0.3, -0.25) is 14.6 Å². The number of nitrogens with zero attached hydrogens (tertiary/aromatic N) is 2. The molecule has 0 saturated carbocycles. The molecule has 0 bridgehead atoms. The minimum Gasteiger partial charge on any atom is -0.347 e. The van der Waals surface area contributed by atoms with Crippen LogP contribution in [0, 0.1) is 0 Å². The first kappa shape index (κ1) is 21.5. The summed E-state index contributed by atoms with van der Waals surface area (Å²) in [6.07, 6.45) is 2.68. The van der Waals surface area contributed by atoms with Crippen LogP contribution in [0.15, 0.2) is 53.7 Å². The molecule has 0 aliphatic carbocycles. The van der Waals surface area contributed by atoms with Crippen molar-refractivity contribution in [2.45, 2.75) is 31.2 Å². The molecule has 0 atom stereocenters. The third-order valence-corrected chi connectivity index (χ3v) is 5.43. The van der Waals surface area contributed by atoms with Crippen LogP contribution < -0.4 is 10.6 Å². The van der Waals surface area contributed by atoms with Gasteiger partial charge in [-0.15, -0.1) is 0 Å². The third kappa shape index (κ3) is 5.61. The first-order valence-electron chi connectivity index (χ1n) is 8.58. The fraction of sp³-hybridized carbons (Fsp3) is 0.316. The second-order valence-electron chi connectivity index (χ2n) is 7.25. The molecule has 0 spiro atoms. The highest BCUT2D eigenvalue weighted by molar-refractivity contribution is 7.89. The van der Waals surface area contributed by atoms with Gasteiger partial charge < -0.3 is 10.6 Å². The van der Waals surface area contributed by atoms with Crippen LogP contribution >= 0.6 is 0 Å². The number of carbonyl (C=O) groups excluding carboxylic acids is 2. The minimum absolute atomic E-state index is 0.00439. The zero-order chi connectivity index (χ0) is 20.9. The summed E-state index contributed by atoms with van der Waals surface area (Å²) in [7, 11) is -2.54. The lowest BCUT2D eigenvalue weighted by atomic mass is 10.1. The van der Waals surface area contributed by atoms with E-state index in [2.05, 4.69) is 15.6 Å². The van der Waals surface area contributed by atoms with E-state index in [0.717, 1.165) is 4.31 Å². The van der Waals surface area contributed by atoms with Crippen LogP contribution in [-0.2, 0) is 14.8 Å². The lowest BCUT2D eigenvalue weighted by molar-refractivity contribution is -0.116. The summed E-state index contributed by atoms with van der Waals surface area (Å²) in [4.78, 5) is 28.6. The first-order chi connectivity index (χ1) is 13.0. The quantitative estimate of drug-likeness (QED) is 0.764. The molecule has 2 amide bonds. The van der Waals surface area contributed by atoms with Crippen LogP contribution in [0.25, 0.3) is 0 Å². The Bertz CT molecular complexity index is 953. The van der Waals surface area contributed by atoms with Crippen LogP contribution in [-0.4, -0.2) is 48.7 Å². The van der Waals surface area contributed by atoms with Gasteiger partial charge in [0, 0.05) is 25.0 Å². The van der Waals surface area contributed by atoms with Crippen LogP contribution in [0.1, 0.15) is 31.1 Å². The molecule has 0 aliphatic heterocycles. The Hall–Kier alpha value is -2.78. The van der Waals surface area contributed by atoms with E-state index in [1.54, 1.807) is 24.3 Å². The van der Waals surface area contributed by atoms with E-state index in [4.69, 9.17) is 0 Å². The number of carbonyl (C=O) groups is 2. The standard InChI is InChI=1S/C19H24N4O4S/c1-19(2,3)22-18(25)15-9-5-6-10-16(15)21-17(24)13-23(4)28(26,27)14-8-7-11-20-12-14/h5-12H,13H2,1-4H3,(H,21,24)(H,22,25). The summed E-state index contributed by atoms with van der Waals surface area (Å²) in [5.74, 6) is -0.897. The van der Waals surface area contributed by atoms with Gasteiger partial charge in [0.15, 0.2) is 0 Å². The number of likely N-dealkylation sites (N-methyl/N-ethyl adjacent to an activating group) is 1. The van der Waals surface area contributed by atoms with E-state index in [1.807, 2.05) is 20.8 Å². The zero-order valence-corrected chi connectivity index (χ0v) is 17.1. The summed E-state index contributed by atoms with van der Waals surface area (Å²) in [5, 5.41) is 5.44. The van der Waals surface area contributed by atoms with E-state index in [9.17, 15) is 18.0 Å². The van der Waals surface area contributed by atoms with Gasteiger partial charge in [-0.05, 0) is 45.0 Å². The number of nitrogens with one attached hydrogen (secondary N) is 2. The average Bonchev–Trinajstić information content (AvgIpc) is 2.61. The van der Waals surface area contributed by atoms with Crippen molar-refractivity contribution in [2.75, 3.05) is 18.9 Å². The number of hydrogen-bond donors (Lipinski definition) is 2. The van der Waals surface area contributed by atoms with Gasteiger partial charge >= 0.3 is 0 Å². The second-order valence-corrected chi connectivity index (χ2v) is 9.29. The SMILES string of the molecule is CN(CC(=O)Nc1ccccc1C(=O)NC(C)(C)C)S(=O)(=O)c1cccnc1. The molecule has 1 aromatic carbocycles. The molecule has 8 nitrogen and oxygen atoms in total. The lowest BCUT2D eigenvalue weighted by Crippen LogP contribution is -2.41. The number of aromatic nitrogens is 1. The fourth-order valence-corrected chi connectivity index (χ4v) is 3.45. The van der Waals surface area contributed by atoms with E-state index >= 15 is 0 Å². The number of amides is 2. The average molecular weight is 404 g/mol. The van der Waals surface area contributed by atoms with Crippen LogP contribution in [0.3, 0.4) is 0 Å². The summed E-state index contributed by atoms with van der Waals surface area (Å²) < 4.78 is 25.9. The maximum absolute atomic E-state index is 12.5. The van der Waals surface area contributed by atoms with Crippen molar-refractivity contribution in [3.05, 3.63) is 54.4 Å². The van der Waals surface area contributed by atoms with Crippen molar-refractivity contribution >= 4 is 27.5 Å². The van der Waals surface area contributed by atoms with E-state index in [-0.39, 0.29) is 10.8 Å². The topological polar surface area (TPSA) is 108 Å². The summed E-state index contributed by atoms with van der Waals surface area (Å²) in [6, 6.07) is 9.46. The van der Waals surface area contributed by atoms with Crippen LogP contribution in [0.4, 0.5) is 5.69 Å². The summed E-state index contributed by atoms with van der Waals surface area (Å²) >= 11 is 0. The molecule has 2 aromatic rings. The highest BCUT2D eigenvalue weighted by atomic mass is 32.2. The monoisotopic (exact) mass is 404 g/mol. The molecule has 0 fully saturated rings. The van der Waals surface area contributed by atoms with E-state index in [1.165, 1.54) is 31.6 Å². The van der Waals surface area contributed by atoms with E-state index in [0.29, 0.717) is 11.3 Å². The lowest BCUT2D eigenvalue weighted by Gasteiger charge is -2.22. The highest BCUT2D eigenvalue weighted by Crippen LogP contribution is 2.17. The van der Waals surface area contributed by atoms with Gasteiger partial charge in [0.05, 0.1) is 17.8 Å². The number of anilines is 1. The molecule has 0 radical (unpaired) electrons. The molecule has 2 N–H and O–H groups in total. The maximum atomic E-state index is 12.5. The van der Waals surface area contributed by atoms with Crippen molar-refractivity contribution in [2.24, 2.45) is 0 Å². The Balaban J connectivity index is 2.13. The molecule has 0 unspecified atom stereocenters. The molecule has 2 rings (SSSR count). The van der Waals surface area contributed by atoms with E-state index < -0.39 is 28.0 Å². The van der Waals surface area contributed by atoms with Gasteiger partial charge in [0.2, 0.25) is 15.9 Å². The molecular formula is C19H24N4O4S. The molecular weight excluding hydrogens is 380 g/mol. The molecule has 1 aromatic heterocycles. The fourth-order valence-electron chi connectivity index (χ4n) is 2.35. The molecule has 9 heteroatoms. The largest absolute Gasteiger partial charge is 0.347 e. The number of hydrogen-bond acceptors (Lipinski definition) is 5. The Labute approximate surface area is 165 Å². The number of rotatable bonds is 6.